The fourth-order valence-corrected chi connectivity index (χ4v) is 3.50. The maximum Gasteiger partial charge on any atom is 0.573 e. The Labute approximate surface area is 179 Å². The number of hydrogen-bond donors (Lipinski definition) is 3. The highest BCUT2D eigenvalue weighted by molar-refractivity contribution is 6.06. The number of halogens is 4. The fourth-order valence-electron chi connectivity index (χ4n) is 3.50. The number of alkyl halides is 4. The number of nitrogens with two attached hydrogens (primary N) is 1. The molecule has 168 valence electrons. The van der Waals surface area contributed by atoms with Crippen molar-refractivity contribution in [2.75, 3.05) is 18.4 Å². The van der Waals surface area contributed by atoms with Crippen LogP contribution in [0.2, 0.25) is 0 Å². The van der Waals surface area contributed by atoms with Gasteiger partial charge in [0.2, 0.25) is 0 Å². The number of benzene rings is 1. The molecule has 0 saturated carbocycles. The number of anilines is 1. The van der Waals surface area contributed by atoms with Crippen molar-refractivity contribution in [3.8, 4) is 17.0 Å². The molecule has 0 bridgehead atoms. The van der Waals surface area contributed by atoms with Gasteiger partial charge in [0.15, 0.2) is 5.82 Å². The van der Waals surface area contributed by atoms with E-state index in [0.29, 0.717) is 12.1 Å². The van der Waals surface area contributed by atoms with Gasteiger partial charge < -0.3 is 21.1 Å². The zero-order valence-electron chi connectivity index (χ0n) is 16.5. The highest BCUT2D eigenvalue weighted by Crippen LogP contribution is 2.30. The Morgan fingerprint density at radius 1 is 1.16 bits per heavy atom. The molecule has 4 N–H and O–H groups in total. The molecule has 3 heterocycles. The first-order valence-electron chi connectivity index (χ1n) is 9.62. The zero-order chi connectivity index (χ0) is 22.9. The molecule has 4 rings (SSSR count). The van der Waals surface area contributed by atoms with Crippen molar-refractivity contribution in [3.63, 3.8) is 0 Å². The molecule has 32 heavy (non-hydrogen) atoms. The summed E-state index contributed by atoms with van der Waals surface area (Å²) in [6.07, 6.45) is -4.32. The Hall–Kier alpha value is -3.54. The molecule has 0 aliphatic carbocycles. The lowest BCUT2D eigenvalue weighted by atomic mass is 10.1. The lowest BCUT2D eigenvalue weighted by Crippen LogP contribution is -2.44. The van der Waals surface area contributed by atoms with E-state index in [1.165, 1.54) is 24.5 Å². The van der Waals surface area contributed by atoms with Crippen LogP contribution in [0.25, 0.3) is 22.3 Å². The van der Waals surface area contributed by atoms with E-state index in [1.807, 2.05) is 0 Å². The number of carbonyl (C=O) groups is 1. The first-order chi connectivity index (χ1) is 15.2. The molecule has 1 fully saturated rings. The number of amides is 1. The Morgan fingerprint density at radius 2 is 1.91 bits per heavy atom. The van der Waals surface area contributed by atoms with Gasteiger partial charge in [-0.05, 0) is 30.3 Å². The zero-order valence-corrected chi connectivity index (χ0v) is 16.5. The summed E-state index contributed by atoms with van der Waals surface area (Å²) >= 11 is 0. The van der Waals surface area contributed by atoms with Crippen LogP contribution >= 0.6 is 0 Å². The minimum absolute atomic E-state index is 0.0659. The number of rotatable bonds is 5. The van der Waals surface area contributed by atoms with E-state index < -0.39 is 24.2 Å². The number of nitrogens with zero attached hydrogens (tertiary/aromatic N) is 3. The van der Waals surface area contributed by atoms with Gasteiger partial charge in [0.1, 0.15) is 29.3 Å². The molecule has 2 atom stereocenters. The second kappa shape index (κ2) is 8.54. The van der Waals surface area contributed by atoms with Gasteiger partial charge in [-0.1, -0.05) is 0 Å². The maximum absolute atomic E-state index is 13.7. The molecule has 1 aliphatic heterocycles. The van der Waals surface area contributed by atoms with Crippen LogP contribution in [0.1, 0.15) is 16.8 Å². The minimum Gasteiger partial charge on any atom is -0.406 e. The predicted octanol–water partition coefficient (Wildman–Crippen LogP) is 2.80. The molecule has 1 saturated heterocycles. The van der Waals surface area contributed by atoms with E-state index in [2.05, 4.69) is 30.3 Å². The summed E-state index contributed by atoms with van der Waals surface area (Å²) in [5.74, 6) is -0.866. The molecule has 0 radical (unpaired) electrons. The highest BCUT2D eigenvalue weighted by Gasteiger charge is 2.31. The van der Waals surface area contributed by atoms with Crippen LogP contribution < -0.4 is 21.1 Å². The van der Waals surface area contributed by atoms with Crippen molar-refractivity contribution in [3.05, 3.63) is 42.2 Å². The van der Waals surface area contributed by atoms with Gasteiger partial charge in [0.25, 0.3) is 5.91 Å². The van der Waals surface area contributed by atoms with Crippen LogP contribution in [0.5, 0.6) is 5.75 Å². The van der Waals surface area contributed by atoms with Gasteiger partial charge in [-0.15, -0.1) is 13.2 Å². The van der Waals surface area contributed by atoms with E-state index in [-0.39, 0.29) is 47.1 Å². The summed E-state index contributed by atoms with van der Waals surface area (Å²) in [6, 6.07) is 6.15. The summed E-state index contributed by atoms with van der Waals surface area (Å²) < 4.78 is 54.8. The average Bonchev–Trinajstić information content (AvgIpc) is 2.73. The quantitative estimate of drug-likeness (QED) is 0.512. The third-order valence-corrected chi connectivity index (χ3v) is 4.88. The van der Waals surface area contributed by atoms with Crippen LogP contribution in [-0.2, 0) is 0 Å². The Morgan fingerprint density at radius 3 is 2.56 bits per heavy atom. The molecule has 3 aromatic rings. The lowest BCUT2D eigenvalue weighted by molar-refractivity contribution is -0.274. The number of primary amides is 1. The van der Waals surface area contributed by atoms with Gasteiger partial charge in [-0.3, -0.25) is 4.79 Å². The van der Waals surface area contributed by atoms with E-state index in [4.69, 9.17) is 5.73 Å². The maximum atomic E-state index is 13.7. The molecule has 8 nitrogen and oxygen atoms in total. The van der Waals surface area contributed by atoms with Gasteiger partial charge >= 0.3 is 6.36 Å². The van der Waals surface area contributed by atoms with Crippen LogP contribution in [0.3, 0.4) is 0 Å². The van der Waals surface area contributed by atoms with Crippen LogP contribution in [0, 0.1) is 0 Å². The second-order valence-electron chi connectivity index (χ2n) is 7.24. The van der Waals surface area contributed by atoms with E-state index in [0.717, 1.165) is 12.1 Å². The molecule has 12 heteroatoms. The van der Waals surface area contributed by atoms with Gasteiger partial charge in [-0.25, -0.2) is 19.3 Å². The van der Waals surface area contributed by atoms with E-state index >= 15 is 0 Å². The summed E-state index contributed by atoms with van der Waals surface area (Å²) in [6.45, 7) is 0.778. The average molecular weight is 450 g/mol. The van der Waals surface area contributed by atoms with Gasteiger partial charge in [-0.2, -0.15) is 0 Å². The number of fused-ring (bicyclic) bond motifs is 1. The molecule has 1 aliphatic rings. The molecule has 2 aromatic heterocycles. The van der Waals surface area contributed by atoms with Crippen molar-refractivity contribution < 1.29 is 27.1 Å². The number of ether oxygens (including phenoxy) is 1. The largest absolute Gasteiger partial charge is 0.573 e. The normalized spacial score (nSPS) is 19.0. The Balaban J connectivity index is 1.74. The summed E-state index contributed by atoms with van der Waals surface area (Å²) in [4.78, 5) is 24.9. The lowest BCUT2D eigenvalue weighted by Gasteiger charge is -2.27. The molecule has 1 aromatic carbocycles. The van der Waals surface area contributed by atoms with Crippen molar-refractivity contribution in [2.24, 2.45) is 5.73 Å². The van der Waals surface area contributed by atoms with Crippen molar-refractivity contribution in [1.29, 1.82) is 0 Å². The highest BCUT2D eigenvalue weighted by atomic mass is 19.4. The first-order valence-corrected chi connectivity index (χ1v) is 9.62. The smallest absolute Gasteiger partial charge is 0.406 e. The predicted molar refractivity (Wildman–Crippen MR) is 108 cm³/mol. The third kappa shape index (κ3) is 4.85. The molecule has 1 amide bonds. The van der Waals surface area contributed by atoms with Gasteiger partial charge in [0.05, 0.1) is 11.3 Å². The van der Waals surface area contributed by atoms with Crippen LogP contribution in [-0.4, -0.2) is 52.5 Å². The van der Waals surface area contributed by atoms with Crippen molar-refractivity contribution >= 4 is 22.8 Å². The summed E-state index contributed by atoms with van der Waals surface area (Å²) in [5.41, 5.74) is 6.71. The number of nitrogens with one attached hydrogen (secondary N) is 2. The number of pyridine rings is 1. The third-order valence-electron chi connectivity index (χ3n) is 4.88. The molecular weight excluding hydrogens is 432 g/mol. The minimum atomic E-state index is -4.81. The number of aromatic nitrogens is 3. The molecular formula is C20H18F4N6O2. The Bertz CT molecular complexity index is 1140. The Kier molecular flexibility index (Phi) is 5.78. The number of piperidine rings is 1. The number of hydrogen-bond acceptors (Lipinski definition) is 7. The van der Waals surface area contributed by atoms with Crippen molar-refractivity contribution in [2.45, 2.75) is 25.0 Å². The second-order valence-corrected chi connectivity index (χ2v) is 7.24. The van der Waals surface area contributed by atoms with Crippen LogP contribution in [0.15, 0.2) is 36.7 Å². The van der Waals surface area contributed by atoms with Gasteiger partial charge in [0, 0.05) is 31.1 Å². The standard InChI is InChI=1S/C20H18F4N6O2/c21-11-5-12(8-26-7-11)29-19-17-16(27-9-28-19)14(18(25)31)6-15(30-17)10-1-3-13(4-2-10)32-20(22,23)24/h1-4,6,9,11-12,26H,5,7-8H2,(H2,25,31)(H,27,28,29)/t11-,12-/m1/s1. The van der Waals surface area contributed by atoms with Crippen LogP contribution in [0.4, 0.5) is 23.4 Å². The molecule has 0 spiro atoms. The summed E-state index contributed by atoms with van der Waals surface area (Å²) in [7, 11) is 0. The monoisotopic (exact) mass is 450 g/mol. The first kappa shape index (κ1) is 21.7. The molecule has 0 unspecified atom stereocenters. The SMILES string of the molecule is NC(=O)c1cc(-c2ccc(OC(F)(F)F)cc2)nc2c(N[C@H]3CNC[C@H](F)C3)ncnc12. The topological polar surface area (TPSA) is 115 Å². The number of carbonyl (C=O) groups excluding carboxylic acids is 1. The summed E-state index contributed by atoms with van der Waals surface area (Å²) in [5, 5.41) is 6.09. The van der Waals surface area contributed by atoms with E-state index in [9.17, 15) is 22.4 Å². The van der Waals surface area contributed by atoms with E-state index in [1.54, 1.807) is 0 Å². The van der Waals surface area contributed by atoms with Crippen molar-refractivity contribution in [1.82, 2.24) is 20.3 Å². The fraction of sp³-hybridized carbons (Fsp3) is 0.300.